The number of ketones is 1. The van der Waals surface area contributed by atoms with Crippen LogP contribution in [0.15, 0.2) is 15.9 Å². The van der Waals surface area contributed by atoms with Gasteiger partial charge < -0.3 is 10.1 Å². The van der Waals surface area contributed by atoms with Crippen molar-refractivity contribution in [3.8, 4) is 0 Å². The average molecular weight is 290 g/mol. The Morgan fingerprint density at radius 1 is 1.67 bits per heavy atom. The van der Waals surface area contributed by atoms with Gasteiger partial charge in [-0.3, -0.25) is 4.79 Å². The van der Waals surface area contributed by atoms with Gasteiger partial charge in [0.2, 0.25) is 0 Å². The fourth-order valence-electron chi connectivity index (χ4n) is 1.52. The maximum Gasteiger partial charge on any atom is 0.175 e. The van der Waals surface area contributed by atoms with Crippen molar-refractivity contribution in [2.24, 2.45) is 0 Å². The van der Waals surface area contributed by atoms with Crippen LogP contribution in [0.2, 0.25) is 0 Å². The number of halogens is 1. The Hall–Kier alpha value is -0.230. The highest BCUT2D eigenvalue weighted by molar-refractivity contribution is 9.11. The van der Waals surface area contributed by atoms with Gasteiger partial charge in [-0.1, -0.05) is 0 Å². The lowest BCUT2D eigenvalue weighted by Crippen LogP contribution is -2.39. The third-order valence-corrected chi connectivity index (χ3v) is 3.93. The summed E-state index contributed by atoms with van der Waals surface area (Å²) in [6.07, 6.45) is 0.507. The molecule has 1 aromatic heterocycles. The molecule has 1 aromatic rings. The predicted molar refractivity (Wildman–Crippen MR) is 63.6 cm³/mol. The highest BCUT2D eigenvalue weighted by atomic mass is 79.9. The first-order valence-electron chi connectivity index (χ1n) is 4.86. The lowest BCUT2D eigenvalue weighted by molar-refractivity contribution is 0.0241. The van der Waals surface area contributed by atoms with Crippen molar-refractivity contribution in [1.29, 1.82) is 0 Å². The largest absolute Gasteiger partial charge is 0.375 e. The second-order valence-electron chi connectivity index (χ2n) is 3.43. The van der Waals surface area contributed by atoms with E-state index in [4.69, 9.17) is 4.74 Å². The average Bonchev–Trinajstić information content (AvgIpc) is 2.66. The first-order chi connectivity index (χ1) is 7.25. The molecule has 1 aliphatic heterocycles. The summed E-state index contributed by atoms with van der Waals surface area (Å²) >= 11 is 4.82. The van der Waals surface area contributed by atoms with Crippen LogP contribution in [-0.4, -0.2) is 31.6 Å². The van der Waals surface area contributed by atoms with Gasteiger partial charge in [0, 0.05) is 19.5 Å². The van der Waals surface area contributed by atoms with E-state index >= 15 is 0 Å². The van der Waals surface area contributed by atoms with Crippen LogP contribution in [0.1, 0.15) is 16.1 Å². The van der Waals surface area contributed by atoms with Gasteiger partial charge in [-0.05, 0) is 28.1 Å². The molecule has 1 saturated heterocycles. The lowest BCUT2D eigenvalue weighted by atomic mass is 10.1. The van der Waals surface area contributed by atoms with Crippen LogP contribution >= 0.6 is 27.3 Å². The number of rotatable bonds is 3. The Morgan fingerprint density at radius 2 is 2.53 bits per heavy atom. The Bertz CT molecular complexity index is 347. The standard InChI is InChI=1S/C10H12BrNO2S/c11-10-2-1-9(15-10)8(13)5-7-6-12-3-4-14-7/h1-2,7,12H,3-6H2. The number of Topliss-reactive ketones (excluding diaryl/α,β-unsaturated/α-hetero) is 1. The summed E-state index contributed by atoms with van der Waals surface area (Å²) in [5.41, 5.74) is 0. The summed E-state index contributed by atoms with van der Waals surface area (Å²) in [4.78, 5) is 12.6. The highest BCUT2D eigenvalue weighted by Gasteiger charge is 2.19. The molecule has 0 bridgehead atoms. The quantitative estimate of drug-likeness (QED) is 0.866. The molecule has 15 heavy (non-hydrogen) atoms. The van der Waals surface area contributed by atoms with Crippen LogP contribution in [0.25, 0.3) is 0 Å². The number of carbonyl (C=O) groups excluding carboxylic acids is 1. The van der Waals surface area contributed by atoms with Crippen LogP contribution in [0.5, 0.6) is 0 Å². The van der Waals surface area contributed by atoms with Crippen LogP contribution in [0.3, 0.4) is 0 Å². The topological polar surface area (TPSA) is 38.3 Å². The number of morpholine rings is 1. The van der Waals surface area contributed by atoms with Gasteiger partial charge in [-0.25, -0.2) is 0 Å². The summed E-state index contributed by atoms with van der Waals surface area (Å²) in [5, 5.41) is 3.21. The zero-order valence-corrected chi connectivity index (χ0v) is 10.6. The molecular weight excluding hydrogens is 278 g/mol. The van der Waals surface area contributed by atoms with Crippen molar-refractivity contribution >= 4 is 33.0 Å². The molecule has 2 heterocycles. The molecule has 1 N–H and O–H groups in total. The molecule has 0 aromatic carbocycles. The minimum Gasteiger partial charge on any atom is -0.375 e. The third-order valence-electron chi connectivity index (χ3n) is 2.27. The Balaban J connectivity index is 1.91. The van der Waals surface area contributed by atoms with E-state index < -0.39 is 0 Å². The van der Waals surface area contributed by atoms with E-state index in [0.29, 0.717) is 13.0 Å². The monoisotopic (exact) mass is 289 g/mol. The van der Waals surface area contributed by atoms with Gasteiger partial charge in [0.25, 0.3) is 0 Å². The van der Waals surface area contributed by atoms with E-state index in [0.717, 1.165) is 21.8 Å². The molecular formula is C10H12BrNO2S. The molecule has 2 rings (SSSR count). The molecule has 1 atom stereocenters. The molecule has 0 aliphatic carbocycles. The van der Waals surface area contributed by atoms with Crippen LogP contribution in [0, 0.1) is 0 Å². The number of carbonyl (C=O) groups is 1. The van der Waals surface area contributed by atoms with Crippen molar-refractivity contribution in [2.45, 2.75) is 12.5 Å². The molecule has 1 aliphatic rings. The number of ether oxygens (including phenoxy) is 1. The fraction of sp³-hybridized carbons (Fsp3) is 0.500. The summed E-state index contributed by atoms with van der Waals surface area (Å²) < 4.78 is 6.48. The summed E-state index contributed by atoms with van der Waals surface area (Å²) in [7, 11) is 0. The van der Waals surface area contributed by atoms with E-state index in [9.17, 15) is 4.79 Å². The molecule has 82 valence electrons. The second-order valence-corrected chi connectivity index (χ2v) is 5.89. The predicted octanol–water partition coefficient (Wildman–Crippen LogP) is 2.07. The number of thiophene rings is 1. The molecule has 0 saturated carbocycles. The van der Waals surface area contributed by atoms with Gasteiger partial charge in [0.15, 0.2) is 5.78 Å². The van der Waals surface area contributed by atoms with Gasteiger partial charge in [0.1, 0.15) is 0 Å². The van der Waals surface area contributed by atoms with Crippen molar-refractivity contribution in [3.63, 3.8) is 0 Å². The van der Waals surface area contributed by atoms with Gasteiger partial charge in [-0.2, -0.15) is 0 Å². The maximum atomic E-state index is 11.8. The molecule has 1 unspecified atom stereocenters. The van der Waals surface area contributed by atoms with E-state index in [2.05, 4.69) is 21.2 Å². The number of nitrogens with one attached hydrogen (secondary N) is 1. The molecule has 0 radical (unpaired) electrons. The first kappa shape index (κ1) is 11.3. The lowest BCUT2D eigenvalue weighted by Gasteiger charge is -2.22. The van der Waals surface area contributed by atoms with Crippen LogP contribution in [0.4, 0.5) is 0 Å². The van der Waals surface area contributed by atoms with Crippen molar-refractivity contribution in [1.82, 2.24) is 5.32 Å². The zero-order chi connectivity index (χ0) is 10.7. The molecule has 0 spiro atoms. The minimum absolute atomic E-state index is 0.0344. The summed E-state index contributed by atoms with van der Waals surface area (Å²) in [5.74, 6) is 0.166. The van der Waals surface area contributed by atoms with Crippen molar-refractivity contribution < 1.29 is 9.53 Å². The number of hydrogen-bond acceptors (Lipinski definition) is 4. The van der Waals surface area contributed by atoms with Crippen molar-refractivity contribution in [3.05, 3.63) is 20.8 Å². The second kappa shape index (κ2) is 5.21. The third kappa shape index (κ3) is 3.11. The van der Waals surface area contributed by atoms with E-state index in [-0.39, 0.29) is 11.9 Å². The number of hydrogen-bond donors (Lipinski definition) is 1. The van der Waals surface area contributed by atoms with Crippen molar-refractivity contribution in [2.75, 3.05) is 19.7 Å². The van der Waals surface area contributed by atoms with Crippen LogP contribution < -0.4 is 5.32 Å². The Kier molecular flexibility index (Phi) is 3.91. The maximum absolute atomic E-state index is 11.8. The molecule has 1 fully saturated rings. The van der Waals surface area contributed by atoms with Gasteiger partial charge >= 0.3 is 0 Å². The van der Waals surface area contributed by atoms with Gasteiger partial charge in [-0.15, -0.1) is 11.3 Å². The Morgan fingerprint density at radius 3 is 3.13 bits per heavy atom. The van der Waals surface area contributed by atoms with E-state index in [1.54, 1.807) is 0 Å². The van der Waals surface area contributed by atoms with Crippen LogP contribution in [-0.2, 0) is 4.74 Å². The van der Waals surface area contributed by atoms with Gasteiger partial charge in [0.05, 0.1) is 21.4 Å². The van der Waals surface area contributed by atoms with E-state index in [1.807, 2.05) is 12.1 Å². The summed E-state index contributed by atoms with van der Waals surface area (Å²) in [6.45, 7) is 2.36. The Labute approximate surface area is 101 Å². The zero-order valence-electron chi connectivity index (χ0n) is 8.16. The normalized spacial score (nSPS) is 21.5. The summed E-state index contributed by atoms with van der Waals surface area (Å²) in [6, 6.07) is 3.76. The SMILES string of the molecule is O=C(CC1CNCCO1)c1ccc(Br)s1. The highest BCUT2D eigenvalue weighted by Crippen LogP contribution is 2.23. The fourth-order valence-corrected chi connectivity index (χ4v) is 2.86. The minimum atomic E-state index is 0.0344. The smallest absolute Gasteiger partial charge is 0.175 e. The first-order valence-corrected chi connectivity index (χ1v) is 6.47. The van der Waals surface area contributed by atoms with E-state index in [1.165, 1.54) is 11.3 Å². The molecule has 0 amide bonds. The molecule has 3 nitrogen and oxygen atoms in total. The molecule has 5 heteroatoms.